The SMILES string of the molecule is Cc1cc(C(=O)N2CCCC(C3OCCO3)C2)c(C)n1-c1ccc2c(c1)OCCO2. The van der Waals surface area contributed by atoms with Crippen LogP contribution >= 0.6 is 0 Å². The van der Waals surface area contributed by atoms with Crippen molar-refractivity contribution in [3.8, 4) is 17.2 Å². The number of fused-ring (bicyclic) bond motifs is 1. The maximum Gasteiger partial charge on any atom is 0.255 e. The second-order valence-corrected chi connectivity index (χ2v) is 8.21. The highest BCUT2D eigenvalue weighted by molar-refractivity contribution is 5.96. The number of ether oxygens (including phenoxy) is 4. The van der Waals surface area contributed by atoms with Crippen LogP contribution in [-0.4, -0.2) is 61.2 Å². The summed E-state index contributed by atoms with van der Waals surface area (Å²) in [6.45, 7) is 7.89. The fraction of sp³-hybridized carbons (Fsp3) is 0.522. The second kappa shape index (κ2) is 7.96. The van der Waals surface area contributed by atoms with Crippen molar-refractivity contribution < 1.29 is 23.7 Å². The van der Waals surface area contributed by atoms with Gasteiger partial charge in [-0.3, -0.25) is 4.79 Å². The Bertz CT molecular complexity index is 947. The lowest BCUT2D eigenvalue weighted by atomic mass is 9.96. The van der Waals surface area contributed by atoms with Crippen molar-refractivity contribution in [1.82, 2.24) is 9.47 Å². The predicted molar refractivity (Wildman–Crippen MR) is 111 cm³/mol. The van der Waals surface area contributed by atoms with Crippen LogP contribution in [0, 0.1) is 19.8 Å². The Labute approximate surface area is 176 Å². The highest BCUT2D eigenvalue weighted by Crippen LogP contribution is 2.34. The van der Waals surface area contributed by atoms with E-state index in [0.29, 0.717) is 33.0 Å². The minimum absolute atomic E-state index is 0.0783. The van der Waals surface area contributed by atoms with Gasteiger partial charge in [-0.2, -0.15) is 0 Å². The number of rotatable bonds is 3. The van der Waals surface area contributed by atoms with E-state index in [-0.39, 0.29) is 18.1 Å². The molecule has 1 unspecified atom stereocenters. The standard InChI is InChI=1S/C23H28N2O5/c1-15-12-19(22(26)24-7-3-4-17(14-24)23-29-10-11-30-23)16(2)25(15)18-5-6-20-21(13-18)28-9-8-27-20/h5-6,12-13,17,23H,3-4,7-11,14H2,1-2H3. The molecule has 3 aliphatic rings. The highest BCUT2D eigenvalue weighted by atomic mass is 16.7. The zero-order valence-electron chi connectivity index (χ0n) is 17.6. The number of nitrogens with zero attached hydrogens (tertiary/aromatic N) is 2. The highest BCUT2D eigenvalue weighted by Gasteiger charge is 2.34. The third-order valence-electron chi connectivity index (χ3n) is 6.22. The molecular weight excluding hydrogens is 384 g/mol. The summed E-state index contributed by atoms with van der Waals surface area (Å²) in [6.07, 6.45) is 1.83. The Kier molecular flexibility index (Phi) is 5.16. The van der Waals surface area contributed by atoms with Crippen molar-refractivity contribution in [1.29, 1.82) is 0 Å². The van der Waals surface area contributed by atoms with Crippen molar-refractivity contribution in [3.05, 3.63) is 41.2 Å². The molecule has 0 radical (unpaired) electrons. The molecule has 2 aromatic rings. The third kappa shape index (κ3) is 3.46. The second-order valence-electron chi connectivity index (χ2n) is 8.21. The van der Waals surface area contributed by atoms with Gasteiger partial charge in [-0.25, -0.2) is 0 Å². The Balaban J connectivity index is 1.40. The number of hydrogen-bond donors (Lipinski definition) is 0. The third-order valence-corrected chi connectivity index (χ3v) is 6.22. The van der Waals surface area contributed by atoms with Gasteiger partial charge < -0.3 is 28.4 Å². The van der Waals surface area contributed by atoms with Gasteiger partial charge in [0.2, 0.25) is 0 Å². The first-order chi connectivity index (χ1) is 14.6. The molecule has 0 bridgehead atoms. The first-order valence-corrected chi connectivity index (χ1v) is 10.7. The first-order valence-electron chi connectivity index (χ1n) is 10.7. The Morgan fingerprint density at radius 2 is 1.77 bits per heavy atom. The van der Waals surface area contributed by atoms with Crippen LogP contribution in [0.2, 0.25) is 0 Å². The molecule has 2 fully saturated rings. The number of benzene rings is 1. The Morgan fingerprint density at radius 3 is 2.57 bits per heavy atom. The molecule has 4 heterocycles. The summed E-state index contributed by atoms with van der Waals surface area (Å²) in [7, 11) is 0. The van der Waals surface area contributed by atoms with Crippen LogP contribution in [0.5, 0.6) is 11.5 Å². The monoisotopic (exact) mass is 412 g/mol. The van der Waals surface area contributed by atoms with E-state index in [9.17, 15) is 4.79 Å². The molecule has 0 spiro atoms. The van der Waals surface area contributed by atoms with Gasteiger partial charge in [0, 0.05) is 42.1 Å². The van der Waals surface area contributed by atoms with E-state index < -0.39 is 0 Å². The summed E-state index contributed by atoms with van der Waals surface area (Å²) in [5.74, 6) is 1.83. The minimum Gasteiger partial charge on any atom is -0.486 e. The van der Waals surface area contributed by atoms with E-state index >= 15 is 0 Å². The molecule has 3 aliphatic heterocycles. The Hall–Kier alpha value is -2.51. The average Bonchev–Trinajstić information content (AvgIpc) is 3.41. The maximum atomic E-state index is 13.4. The molecule has 1 amide bonds. The molecule has 7 heteroatoms. The molecule has 2 saturated heterocycles. The van der Waals surface area contributed by atoms with Crippen molar-refractivity contribution in [2.24, 2.45) is 5.92 Å². The van der Waals surface area contributed by atoms with E-state index in [1.165, 1.54) is 0 Å². The molecule has 0 aliphatic carbocycles. The Morgan fingerprint density at radius 1 is 1.00 bits per heavy atom. The quantitative estimate of drug-likeness (QED) is 0.775. The van der Waals surface area contributed by atoms with E-state index in [0.717, 1.165) is 53.5 Å². The largest absolute Gasteiger partial charge is 0.486 e. The summed E-state index contributed by atoms with van der Waals surface area (Å²) < 4.78 is 24.9. The van der Waals surface area contributed by atoms with Gasteiger partial charge in [-0.05, 0) is 44.9 Å². The number of likely N-dealkylation sites (tertiary alicyclic amines) is 1. The molecule has 0 N–H and O–H groups in total. The van der Waals surface area contributed by atoms with Crippen LogP contribution in [0.1, 0.15) is 34.6 Å². The molecular formula is C23H28N2O5. The number of amides is 1. The zero-order valence-corrected chi connectivity index (χ0v) is 17.6. The molecule has 1 atom stereocenters. The van der Waals surface area contributed by atoms with Crippen LogP contribution < -0.4 is 9.47 Å². The molecule has 0 saturated carbocycles. The zero-order chi connectivity index (χ0) is 20.7. The number of carbonyl (C=O) groups excluding carboxylic acids is 1. The lowest BCUT2D eigenvalue weighted by molar-refractivity contribution is -0.0969. The minimum atomic E-state index is -0.175. The fourth-order valence-corrected chi connectivity index (χ4v) is 4.78. The van der Waals surface area contributed by atoms with Gasteiger partial charge in [-0.1, -0.05) is 0 Å². The van der Waals surface area contributed by atoms with Crippen LogP contribution in [0.25, 0.3) is 5.69 Å². The number of hydrogen-bond acceptors (Lipinski definition) is 5. The fourth-order valence-electron chi connectivity index (χ4n) is 4.78. The van der Waals surface area contributed by atoms with Gasteiger partial charge in [0.15, 0.2) is 17.8 Å². The summed E-state index contributed by atoms with van der Waals surface area (Å²) in [5, 5.41) is 0. The lowest BCUT2D eigenvalue weighted by Crippen LogP contribution is -2.44. The van der Waals surface area contributed by atoms with Crippen molar-refractivity contribution in [3.63, 3.8) is 0 Å². The summed E-state index contributed by atoms with van der Waals surface area (Å²) in [6, 6.07) is 7.91. The molecule has 30 heavy (non-hydrogen) atoms. The summed E-state index contributed by atoms with van der Waals surface area (Å²) in [5.41, 5.74) is 3.67. The van der Waals surface area contributed by atoms with E-state index in [1.807, 2.05) is 43.0 Å². The molecule has 160 valence electrons. The number of piperidine rings is 1. The number of carbonyl (C=O) groups is 1. The van der Waals surface area contributed by atoms with Crippen molar-refractivity contribution in [2.45, 2.75) is 33.0 Å². The smallest absolute Gasteiger partial charge is 0.255 e. The van der Waals surface area contributed by atoms with Crippen LogP contribution in [0.4, 0.5) is 0 Å². The number of aryl methyl sites for hydroxylation is 1. The van der Waals surface area contributed by atoms with Gasteiger partial charge in [0.05, 0.1) is 18.8 Å². The maximum absolute atomic E-state index is 13.4. The van der Waals surface area contributed by atoms with Crippen LogP contribution in [0.15, 0.2) is 24.3 Å². The van der Waals surface area contributed by atoms with E-state index in [4.69, 9.17) is 18.9 Å². The first kappa shape index (κ1) is 19.5. The predicted octanol–water partition coefficient (Wildman–Crippen LogP) is 3.09. The summed E-state index contributed by atoms with van der Waals surface area (Å²) in [4.78, 5) is 15.4. The normalized spacial score (nSPS) is 21.8. The van der Waals surface area contributed by atoms with Gasteiger partial charge in [-0.15, -0.1) is 0 Å². The van der Waals surface area contributed by atoms with Gasteiger partial charge in [0.1, 0.15) is 13.2 Å². The molecule has 7 nitrogen and oxygen atoms in total. The molecule has 1 aromatic carbocycles. The van der Waals surface area contributed by atoms with Crippen LogP contribution in [0.3, 0.4) is 0 Å². The van der Waals surface area contributed by atoms with Gasteiger partial charge >= 0.3 is 0 Å². The van der Waals surface area contributed by atoms with E-state index in [2.05, 4.69) is 4.57 Å². The average molecular weight is 412 g/mol. The lowest BCUT2D eigenvalue weighted by Gasteiger charge is -2.34. The van der Waals surface area contributed by atoms with Gasteiger partial charge in [0.25, 0.3) is 5.91 Å². The number of aromatic nitrogens is 1. The summed E-state index contributed by atoms with van der Waals surface area (Å²) >= 11 is 0. The van der Waals surface area contributed by atoms with Crippen molar-refractivity contribution >= 4 is 5.91 Å². The van der Waals surface area contributed by atoms with E-state index in [1.54, 1.807) is 0 Å². The van der Waals surface area contributed by atoms with Crippen molar-refractivity contribution in [2.75, 3.05) is 39.5 Å². The topological polar surface area (TPSA) is 62.2 Å². The van der Waals surface area contributed by atoms with Crippen LogP contribution in [-0.2, 0) is 9.47 Å². The molecule has 5 rings (SSSR count). The molecule has 1 aromatic heterocycles.